The third-order valence-electron chi connectivity index (χ3n) is 0.670. The first-order chi connectivity index (χ1) is 5.47. The number of hydrogen-bond donors (Lipinski definition) is 0. The molecular weight excluding hydrogens is 184 g/mol. The van der Waals surface area contributed by atoms with Crippen molar-refractivity contribution in [1.29, 1.82) is 0 Å². The summed E-state index contributed by atoms with van der Waals surface area (Å²) >= 11 is 0. The van der Waals surface area contributed by atoms with Crippen LogP contribution in [0, 0.1) is 0 Å². The van der Waals surface area contributed by atoms with Gasteiger partial charge in [0.15, 0.2) is 0 Å². The second-order valence-corrected chi connectivity index (χ2v) is 2.65. The predicted molar refractivity (Wildman–Crippen MR) is 43.5 cm³/mol. The van der Waals surface area contributed by atoms with Gasteiger partial charge in [-0.2, -0.15) is 0 Å². The van der Waals surface area contributed by atoms with Crippen LogP contribution in [0.2, 0.25) is 0 Å². The zero-order valence-corrected chi connectivity index (χ0v) is 8.39. The molecule has 0 saturated heterocycles. The quantitative estimate of drug-likeness (QED) is 0.487. The smallest absolute Gasteiger partial charge is 0.217 e. The lowest BCUT2D eigenvalue weighted by Gasteiger charge is -2.02. The van der Waals surface area contributed by atoms with E-state index >= 15 is 0 Å². The standard InChI is InChI=1S/C4H10O.C2H6O4S/c1-3-5-4-2;1-2-6-7(3,4)5/h3-4H2,1-2H3;2H2,1H3,(H,3,4,5)/p-1. The highest BCUT2D eigenvalue weighted by atomic mass is 32.3. The maximum atomic E-state index is 9.45. The SMILES string of the molecule is CCOCC.CCOS(=O)(=O)[O-]. The van der Waals surface area contributed by atoms with Gasteiger partial charge in [-0.25, -0.2) is 8.42 Å². The van der Waals surface area contributed by atoms with Crippen LogP contribution in [0.4, 0.5) is 0 Å². The average Bonchev–Trinajstić information content (AvgIpc) is 1.87. The normalized spacial score (nSPS) is 10.3. The van der Waals surface area contributed by atoms with Crippen LogP contribution in [0.15, 0.2) is 0 Å². The fraction of sp³-hybridized carbons (Fsp3) is 1.00. The molecule has 0 aliphatic rings. The monoisotopic (exact) mass is 199 g/mol. The lowest BCUT2D eigenvalue weighted by Crippen LogP contribution is -2.02. The first-order valence-corrected chi connectivity index (χ1v) is 4.99. The van der Waals surface area contributed by atoms with Crippen LogP contribution >= 0.6 is 0 Å². The predicted octanol–water partition coefficient (Wildman–Crippen LogP) is 0.526. The molecular formula is C6H15O5S-. The summed E-state index contributed by atoms with van der Waals surface area (Å²) in [5, 5.41) is 0. The van der Waals surface area contributed by atoms with E-state index < -0.39 is 10.4 Å². The summed E-state index contributed by atoms with van der Waals surface area (Å²) in [7, 11) is -4.42. The molecule has 0 aliphatic heterocycles. The van der Waals surface area contributed by atoms with Crippen LogP contribution in [0.25, 0.3) is 0 Å². The third-order valence-corrected chi connectivity index (χ3v) is 1.19. The highest BCUT2D eigenvalue weighted by Gasteiger charge is 1.85. The fourth-order valence-electron chi connectivity index (χ4n) is 0.348. The lowest BCUT2D eigenvalue weighted by molar-refractivity contribution is 0.162. The van der Waals surface area contributed by atoms with Crippen molar-refractivity contribution >= 4 is 10.4 Å². The Balaban J connectivity index is 0. The molecule has 0 aromatic carbocycles. The van der Waals surface area contributed by atoms with Gasteiger partial charge in [-0.3, -0.25) is 4.18 Å². The summed E-state index contributed by atoms with van der Waals surface area (Å²) in [6.45, 7) is 7.00. The van der Waals surface area contributed by atoms with Crippen molar-refractivity contribution in [1.82, 2.24) is 0 Å². The Morgan fingerprint density at radius 3 is 1.50 bits per heavy atom. The highest BCUT2D eigenvalue weighted by molar-refractivity contribution is 7.80. The minimum Gasteiger partial charge on any atom is -0.726 e. The molecule has 0 N–H and O–H groups in total. The number of ether oxygens (including phenoxy) is 1. The Hall–Kier alpha value is -0.170. The van der Waals surface area contributed by atoms with Gasteiger partial charge in [-0.15, -0.1) is 0 Å². The molecule has 0 aromatic rings. The van der Waals surface area contributed by atoms with Crippen LogP contribution in [-0.4, -0.2) is 32.8 Å². The molecule has 76 valence electrons. The minimum atomic E-state index is -4.42. The Morgan fingerprint density at radius 1 is 1.08 bits per heavy atom. The molecule has 0 rings (SSSR count). The van der Waals surface area contributed by atoms with Gasteiger partial charge in [-0.1, -0.05) is 0 Å². The Morgan fingerprint density at radius 2 is 1.50 bits per heavy atom. The molecule has 0 fully saturated rings. The lowest BCUT2D eigenvalue weighted by atomic mass is 10.8. The van der Waals surface area contributed by atoms with Gasteiger partial charge in [0.1, 0.15) is 0 Å². The highest BCUT2D eigenvalue weighted by Crippen LogP contribution is 1.80. The van der Waals surface area contributed by atoms with E-state index in [1.807, 2.05) is 13.8 Å². The molecule has 6 heteroatoms. The van der Waals surface area contributed by atoms with Crippen LogP contribution in [0.3, 0.4) is 0 Å². The van der Waals surface area contributed by atoms with Crippen molar-refractivity contribution in [2.45, 2.75) is 20.8 Å². The molecule has 5 nitrogen and oxygen atoms in total. The van der Waals surface area contributed by atoms with Crippen LogP contribution in [0.5, 0.6) is 0 Å². The van der Waals surface area contributed by atoms with Gasteiger partial charge in [0.2, 0.25) is 10.4 Å². The molecule has 0 atom stereocenters. The minimum absolute atomic E-state index is 0.0914. The molecule has 12 heavy (non-hydrogen) atoms. The van der Waals surface area contributed by atoms with Gasteiger partial charge in [0.05, 0.1) is 6.61 Å². The summed E-state index contributed by atoms with van der Waals surface area (Å²) in [5.74, 6) is 0. The molecule has 0 spiro atoms. The Labute approximate surface area is 73.6 Å². The Kier molecular flexibility index (Phi) is 10.7. The van der Waals surface area contributed by atoms with Gasteiger partial charge in [-0.05, 0) is 20.8 Å². The van der Waals surface area contributed by atoms with Crippen LogP contribution in [-0.2, 0) is 19.3 Å². The molecule has 0 bridgehead atoms. The summed E-state index contributed by atoms with van der Waals surface area (Å²) in [4.78, 5) is 0. The van der Waals surface area contributed by atoms with Gasteiger partial charge < -0.3 is 9.29 Å². The molecule has 0 heterocycles. The second-order valence-electron chi connectivity index (χ2n) is 1.60. The molecule has 0 unspecified atom stereocenters. The maximum Gasteiger partial charge on any atom is 0.217 e. The first-order valence-electron chi connectivity index (χ1n) is 3.65. The largest absolute Gasteiger partial charge is 0.726 e. The van der Waals surface area contributed by atoms with E-state index in [2.05, 4.69) is 4.18 Å². The van der Waals surface area contributed by atoms with Gasteiger partial charge in [0.25, 0.3) is 0 Å². The van der Waals surface area contributed by atoms with Crippen LogP contribution < -0.4 is 0 Å². The molecule has 0 aromatic heterocycles. The van der Waals surface area contributed by atoms with Crippen molar-refractivity contribution in [3.8, 4) is 0 Å². The van der Waals surface area contributed by atoms with Crippen molar-refractivity contribution < 1.29 is 21.9 Å². The van der Waals surface area contributed by atoms with E-state index in [0.717, 1.165) is 13.2 Å². The van der Waals surface area contributed by atoms with Gasteiger partial charge in [0, 0.05) is 13.2 Å². The first kappa shape index (κ1) is 14.4. The molecule has 0 amide bonds. The third kappa shape index (κ3) is 22.5. The zero-order chi connectivity index (χ0) is 10.0. The topological polar surface area (TPSA) is 75.7 Å². The summed E-state index contributed by atoms with van der Waals surface area (Å²) in [6, 6.07) is 0. The van der Waals surface area contributed by atoms with Crippen molar-refractivity contribution in [3.63, 3.8) is 0 Å². The van der Waals surface area contributed by atoms with Crippen molar-refractivity contribution in [2.75, 3.05) is 19.8 Å². The molecule has 0 saturated carbocycles. The molecule has 0 aliphatic carbocycles. The van der Waals surface area contributed by atoms with E-state index in [1.54, 1.807) is 0 Å². The average molecular weight is 199 g/mol. The van der Waals surface area contributed by atoms with Crippen LogP contribution in [0.1, 0.15) is 20.8 Å². The van der Waals surface area contributed by atoms with E-state index in [-0.39, 0.29) is 6.61 Å². The number of rotatable bonds is 4. The second kappa shape index (κ2) is 8.92. The van der Waals surface area contributed by atoms with E-state index in [0.29, 0.717) is 0 Å². The van der Waals surface area contributed by atoms with Crippen molar-refractivity contribution in [3.05, 3.63) is 0 Å². The number of hydrogen-bond acceptors (Lipinski definition) is 5. The zero-order valence-electron chi connectivity index (χ0n) is 7.57. The van der Waals surface area contributed by atoms with E-state index in [4.69, 9.17) is 4.74 Å². The fourth-order valence-corrected chi connectivity index (χ4v) is 0.637. The van der Waals surface area contributed by atoms with E-state index in [1.165, 1.54) is 6.92 Å². The van der Waals surface area contributed by atoms with E-state index in [9.17, 15) is 13.0 Å². The van der Waals surface area contributed by atoms with Gasteiger partial charge >= 0.3 is 0 Å². The summed E-state index contributed by atoms with van der Waals surface area (Å²) < 4.78 is 36.8. The maximum absolute atomic E-state index is 9.45. The summed E-state index contributed by atoms with van der Waals surface area (Å²) in [6.07, 6.45) is 0. The van der Waals surface area contributed by atoms with Crippen molar-refractivity contribution in [2.24, 2.45) is 0 Å². The summed E-state index contributed by atoms with van der Waals surface area (Å²) in [5.41, 5.74) is 0. The molecule has 0 radical (unpaired) electrons. The Bertz CT molecular complexity index is 161.